The molecular weight excluding hydrogens is 329 g/mol. The molecule has 6 heteroatoms. The first kappa shape index (κ1) is 16.4. The summed E-state index contributed by atoms with van der Waals surface area (Å²) < 4.78 is 40.2. The third-order valence-corrected chi connectivity index (χ3v) is 5.76. The van der Waals surface area contributed by atoms with Gasteiger partial charge in [-0.2, -0.15) is 0 Å². The predicted octanol–water partition coefficient (Wildman–Crippen LogP) is 3.35. The van der Waals surface area contributed by atoms with Crippen LogP contribution in [0.25, 0.3) is 0 Å². The number of ketones is 1. The Morgan fingerprint density at radius 2 is 1.67 bits per heavy atom. The van der Waals surface area contributed by atoms with Crippen LogP contribution >= 0.6 is 0 Å². The normalized spacial score (nSPS) is 18.0. The van der Waals surface area contributed by atoms with Crippen molar-refractivity contribution in [1.82, 2.24) is 4.31 Å². The molecule has 0 saturated carbocycles. The third kappa shape index (κ3) is 3.10. The van der Waals surface area contributed by atoms with Gasteiger partial charge in [-0.05, 0) is 42.8 Å². The number of carbonyl (C=O) groups is 1. The van der Waals surface area contributed by atoms with Gasteiger partial charge < -0.3 is 0 Å². The van der Waals surface area contributed by atoms with Crippen molar-refractivity contribution in [2.75, 3.05) is 0 Å². The second-order valence-electron chi connectivity index (χ2n) is 5.70. The van der Waals surface area contributed by atoms with E-state index in [9.17, 15) is 17.6 Å². The number of allylic oxidation sites excluding steroid dienone is 1. The lowest BCUT2D eigenvalue weighted by Crippen LogP contribution is -2.34. The van der Waals surface area contributed by atoms with Gasteiger partial charge in [0.25, 0.3) is 10.0 Å². The van der Waals surface area contributed by atoms with Crippen LogP contribution in [0.1, 0.15) is 23.6 Å². The van der Waals surface area contributed by atoms with Gasteiger partial charge >= 0.3 is 0 Å². The van der Waals surface area contributed by atoms with Crippen LogP contribution in [0.2, 0.25) is 0 Å². The van der Waals surface area contributed by atoms with E-state index in [0.29, 0.717) is 5.56 Å². The van der Waals surface area contributed by atoms with Crippen LogP contribution in [-0.4, -0.2) is 18.5 Å². The highest BCUT2D eigenvalue weighted by atomic mass is 32.2. The number of carbonyl (C=O) groups excluding carboxylic acids is 1. The molecule has 0 radical (unpaired) electrons. The summed E-state index contributed by atoms with van der Waals surface area (Å²) in [5.74, 6) is -0.580. The molecule has 1 unspecified atom stereocenters. The average Bonchev–Trinajstić information content (AvgIpc) is 2.55. The van der Waals surface area contributed by atoms with Crippen LogP contribution in [0, 0.1) is 12.7 Å². The summed E-state index contributed by atoms with van der Waals surface area (Å²) in [5, 5.41) is 0. The van der Waals surface area contributed by atoms with Gasteiger partial charge in [0, 0.05) is 12.6 Å². The molecule has 0 spiro atoms. The van der Waals surface area contributed by atoms with Crippen molar-refractivity contribution in [2.45, 2.75) is 24.3 Å². The van der Waals surface area contributed by atoms with Gasteiger partial charge in [-0.1, -0.05) is 29.8 Å². The smallest absolute Gasteiger partial charge is 0.264 e. The van der Waals surface area contributed by atoms with Crippen molar-refractivity contribution in [3.63, 3.8) is 0 Å². The molecule has 124 valence electrons. The molecule has 0 N–H and O–H groups in total. The molecule has 0 bridgehead atoms. The Hall–Kier alpha value is -2.47. The summed E-state index contributed by atoms with van der Waals surface area (Å²) >= 11 is 0. The van der Waals surface area contributed by atoms with Gasteiger partial charge in [0.1, 0.15) is 5.82 Å². The van der Waals surface area contributed by atoms with E-state index in [4.69, 9.17) is 0 Å². The Kier molecular flexibility index (Phi) is 4.24. The van der Waals surface area contributed by atoms with Crippen molar-refractivity contribution in [3.8, 4) is 0 Å². The Labute approximate surface area is 140 Å². The fourth-order valence-electron chi connectivity index (χ4n) is 2.64. The first-order chi connectivity index (χ1) is 11.4. The molecule has 0 fully saturated rings. The fourth-order valence-corrected chi connectivity index (χ4v) is 4.11. The average molecular weight is 345 g/mol. The lowest BCUT2D eigenvalue weighted by atomic mass is 9.99. The molecule has 0 aliphatic carbocycles. The molecular formula is C18H16FNO3S. The number of rotatable bonds is 3. The molecule has 1 heterocycles. The highest BCUT2D eigenvalue weighted by molar-refractivity contribution is 7.89. The molecule has 24 heavy (non-hydrogen) atoms. The summed E-state index contributed by atoms with van der Waals surface area (Å²) in [6.45, 7) is 1.87. The molecule has 2 aromatic rings. The zero-order valence-electron chi connectivity index (χ0n) is 13.0. The Morgan fingerprint density at radius 1 is 1.04 bits per heavy atom. The highest BCUT2D eigenvalue weighted by Gasteiger charge is 2.33. The van der Waals surface area contributed by atoms with E-state index in [2.05, 4.69) is 0 Å². The predicted molar refractivity (Wildman–Crippen MR) is 88.1 cm³/mol. The van der Waals surface area contributed by atoms with E-state index in [1.165, 1.54) is 53.0 Å². The number of nitrogens with zero attached hydrogens (tertiary/aromatic N) is 1. The molecule has 2 aromatic carbocycles. The van der Waals surface area contributed by atoms with Crippen molar-refractivity contribution in [2.24, 2.45) is 0 Å². The van der Waals surface area contributed by atoms with E-state index in [1.807, 2.05) is 6.92 Å². The van der Waals surface area contributed by atoms with Gasteiger partial charge in [0.05, 0.1) is 10.9 Å². The number of sulfonamides is 1. The molecule has 0 saturated heterocycles. The monoisotopic (exact) mass is 345 g/mol. The van der Waals surface area contributed by atoms with Gasteiger partial charge in [-0.25, -0.2) is 12.8 Å². The second-order valence-corrected chi connectivity index (χ2v) is 7.54. The molecule has 0 aromatic heterocycles. The van der Waals surface area contributed by atoms with Crippen LogP contribution in [-0.2, 0) is 14.8 Å². The number of aryl methyl sites for hydroxylation is 1. The zero-order valence-corrected chi connectivity index (χ0v) is 13.8. The topological polar surface area (TPSA) is 54.5 Å². The lowest BCUT2D eigenvalue weighted by molar-refractivity contribution is -0.115. The Balaban J connectivity index is 2.05. The van der Waals surface area contributed by atoms with Crippen molar-refractivity contribution < 1.29 is 17.6 Å². The van der Waals surface area contributed by atoms with E-state index in [-0.39, 0.29) is 17.1 Å². The number of benzene rings is 2. The first-order valence-electron chi connectivity index (χ1n) is 7.44. The third-order valence-electron chi connectivity index (χ3n) is 3.96. The van der Waals surface area contributed by atoms with E-state index >= 15 is 0 Å². The maximum absolute atomic E-state index is 13.2. The maximum Gasteiger partial charge on any atom is 0.264 e. The minimum absolute atomic E-state index is 0.0211. The van der Waals surface area contributed by atoms with Crippen LogP contribution in [0.15, 0.2) is 65.7 Å². The first-order valence-corrected chi connectivity index (χ1v) is 8.88. The van der Waals surface area contributed by atoms with Crippen LogP contribution < -0.4 is 0 Å². The highest BCUT2D eigenvalue weighted by Crippen LogP contribution is 2.33. The second kappa shape index (κ2) is 6.20. The molecule has 1 aliphatic rings. The van der Waals surface area contributed by atoms with Crippen LogP contribution in [0.4, 0.5) is 4.39 Å². The Bertz CT molecular complexity index is 887. The summed E-state index contributed by atoms with van der Waals surface area (Å²) in [4.78, 5) is 11.9. The van der Waals surface area contributed by atoms with E-state index < -0.39 is 21.9 Å². The van der Waals surface area contributed by atoms with Crippen molar-refractivity contribution >= 4 is 15.8 Å². The largest absolute Gasteiger partial charge is 0.295 e. The number of hydrogen-bond donors (Lipinski definition) is 0. The van der Waals surface area contributed by atoms with Gasteiger partial charge in [0.2, 0.25) is 0 Å². The van der Waals surface area contributed by atoms with E-state index in [0.717, 1.165) is 5.56 Å². The fraction of sp³-hybridized carbons (Fsp3) is 0.167. The standard InChI is InChI=1S/C18H16FNO3S/c1-13-2-8-17(9-3-13)24(22,23)20-11-10-16(21)12-18(20)14-4-6-15(19)7-5-14/h2-11,18H,12H2,1H3. The molecule has 1 aliphatic heterocycles. The molecule has 3 rings (SSSR count). The summed E-state index contributed by atoms with van der Waals surface area (Å²) in [6.07, 6.45) is 2.56. The quantitative estimate of drug-likeness (QED) is 0.857. The summed E-state index contributed by atoms with van der Waals surface area (Å²) in [5.41, 5.74) is 1.53. The van der Waals surface area contributed by atoms with Crippen LogP contribution in [0.5, 0.6) is 0 Å². The minimum Gasteiger partial charge on any atom is -0.295 e. The van der Waals surface area contributed by atoms with Crippen LogP contribution in [0.3, 0.4) is 0 Å². The van der Waals surface area contributed by atoms with Gasteiger partial charge in [0.15, 0.2) is 5.78 Å². The molecule has 0 amide bonds. The van der Waals surface area contributed by atoms with Gasteiger partial charge in [-0.15, -0.1) is 0 Å². The molecule has 4 nitrogen and oxygen atoms in total. The lowest BCUT2D eigenvalue weighted by Gasteiger charge is -2.32. The molecule has 1 atom stereocenters. The number of halogens is 1. The minimum atomic E-state index is -3.81. The van der Waals surface area contributed by atoms with Crippen molar-refractivity contribution in [1.29, 1.82) is 0 Å². The van der Waals surface area contributed by atoms with Gasteiger partial charge in [-0.3, -0.25) is 9.10 Å². The van der Waals surface area contributed by atoms with Crippen molar-refractivity contribution in [3.05, 3.63) is 77.8 Å². The van der Waals surface area contributed by atoms with E-state index in [1.54, 1.807) is 12.1 Å². The number of hydrogen-bond acceptors (Lipinski definition) is 3. The summed E-state index contributed by atoms with van der Waals surface area (Å²) in [7, 11) is -3.81. The maximum atomic E-state index is 13.2. The SMILES string of the molecule is Cc1ccc(S(=O)(=O)N2C=CC(=O)CC2c2ccc(F)cc2)cc1. The zero-order chi connectivity index (χ0) is 17.3. The Morgan fingerprint density at radius 3 is 2.29 bits per heavy atom. The summed E-state index contributed by atoms with van der Waals surface area (Å²) in [6, 6.07) is 11.4.